The Balaban J connectivity index is 1.76. The average molecular weight is 351 g/mol. The summed E-state index contributed by atoms with van der Waals surface area (Å²) in [5.74, 6) is -0.535. The number of carbonyl (C=O) groups is 1. The number of aryl methyl sites for hydroxylation is 1. The number of halogens is 3. The Kier molecular flexibility index (Phi) is 3.69. The number of nitrogens with zero attached hydrogens (tertiary/aromatic N) is 2. The summed E-state index contributed by atoms with van der Waals surface area (Å²) in [4.78, 5) is 11.0. The van der Waals surface area contributed by atoms with E-state index in [0.29, 0.717) is 12.3 Å². The number of carbonyl (C=O) groups excluding carboxylic acids is 1. The first-order chi connectivity index (χ1) is 10.6. The fraction of sp³-hybridized carbons (Fsp3) is 0.692. The Bertz CT molecular complexity index is 737. The van der Waals surface area contributed by atoms with E-state index in [1.165, 1.54) is 7.05 Å². The van der Waals surface area contributed by atoms with Gasteiger partial charge in [0.15, 0.2) is 5.69 Å². The van der Waals surface area contributed by atoms with Crippen LogP contribution in [0.25, 0.3) is 0 Å². The Labute approximate surface area is 131 Å². The van der Waals surface area contributed by atoms with Gasteiger partial charge in [-0.1, -0.05) is 19.3 Å². The lowest BCUT2D eigenvalue weighted by Crippen LogP contribution is -2.34. The quantitative estimate of drug-likeness (QED) is 0.895. The van der Waals surface area contributed by atoms with Gasteiger partial charge in [-0.2, -0.15) is 18.3 Å². The van der Waals surface area contributed by atoms with Crippen molar-refractivity contribution in [1.29, 1.82) is 0 Å². The monoisotopic (exact) mass is 351 g/mol. The van der Waals surface area contributed by atoms with Crippen molar-refractivity contribution < 1.29 is 26.4 Å². The second kappa shape index (κ2) is 5.22. The van der Waals surface area contributed by atoms with Gasteiger partial charge < -0.3 is 0 Å². The molecule has 0 radical (unpaired) electrons. The number of sulfonamides is 1. The smallest absolute Gasteiger partial charge is 0.274 e. The standard InChI is InChI=1S/C13H16F3N3O3S/c1-19-6-10(11(17-19)13(14,15)16)23(21,22)18-12(20)9-5-8(9)7-3-2-4-7/h6-9H,2-5H2,1H3,(H,18,20)/t8-,9+/m0/s1. The Morgan fingerprint density at radius 2 is 2.04 bits per heavy atom. The van der Waals surface area contributed by atoms with Gasteiger partial charge in [0.2, 0.25) is 5.91 Å². The average Bonchev–Trinajstić information content (AvgIpc) is 2.98. The first kappa shape index (κ1) is 16.3. The lowest BCUT2D eigenvalue weighted by atomic mass is 9.81. The van der Waals surface area contributed by atoms with E-state index in [9.17, 15) is 26.4 Å². The molecule has 1 aromatic heterocycles. The van der Waals surface area contributed by atoms with Gasteiger partial charge in [0.1, 0.15) is 4.90 Å². The second-order valence-corrected chi connectivity index (χ2v) is 7.83. The molecule has 1 aromatic rings. The van der Waals surface area contributed by atoms with Crippen molar-refractivity contribution in [1.82, 2.24) is 14.5 Å². The maximum Gasteiger partial charge on any atom is 0.436 e. The first-order valence-corrected chi connectivity index (χ1v) is 8.75. The van der Waals surface area contributed by atoms with Gasteiger partial charge in [-0.25, -0.2) is 13.1 Å². The van der Waals surface area contributed by atoms with Crippen LogP contribution in [0.1, 0.15) is 31.4 Å². The molecule has 2 aliphatic carbocycles. The predicted octanol–water partition coefficient (Wildman–Crippen LogP) is 1.68. The van der Waals surface area contributed by atoms with Crippen molar-refractivity contribution in [3.63, 3.8) is 0 Å². The Morgan fingerprint density at radius 3 is 2.57 bits per heavy atom. The molecule has 1 heterocycles. The van der Waals surface area contributed by atoms with Crippen LogP contribution in [0.15, 0.2) is 11.1 Å². The zero-order valence-corrected chi connectivity index (χ0v) is 13.1. The largest absolute Gasteiger partial charge is 0.436 e. The van der Waals surface area contributed by atoms with Gasteiger partial charge >= 0.3 is 6.18 Å². The van der Waals surface area contributed by atoms with Crippen LogP contribution in [-0.4, -0.2) is 24.1 Å². The van der Waals surface area contributed by atoms with Crippen molar-refractivity contribution in [2.75, 3.05) is 0 Å². The van der Waals surface area contributed by atoms with Crippen molar-refractivity contribution in [3.05, 3.63) is 11.9 Å². The normalized spacial score (nSPS) is 25.0. The van der Waals surface area contributed by atoms with E-state index in [4.69, 9.17) is 0 Å². The minimum Gasteiger partial charge on any atom is -0.274 e. The van der Waals surface area contributed by atoms with Crippen LogP contribution in [0.2, 0.25) is 0 Å². The lowest BCUT2D eigenvalue weighted by Gasteiger charge is -2.25. The molecule has 10 heteroatoms. The van der Waals surface area contributed by atoms with Crippen molar-refractivity contribution in [2.24, 2.45) is 24.8 Å². The molecular formula is C13H16F3N3O3S. The third-order valence-corrected chi connectivity index (χ3v) is 5.87. The third-order valence-electron chi connectivity index (χ3n) is 4.52. The maximum atomic E-state index is 12.9. The number of hydrogen-bond donors (Lipinski definition) is 1. The lowest BCUT2D eigenvalue weighted by molar-refractivity contribution is -0.143. The van der Waals surface area contributed by atoms with Crippen LogP contribution >= 0.6 is 0 Å². The van der Waals surface area contributed by atoms with Crippen molar-refractivity contribution in [2.45, 2.75) is 36.8 Å². The summed E-state index contributed by atoms with van der Waals surface area (Å²) < 4.78 is 65.4. The third kappa shape index (κ3) is 3.08. The van der Waals surface area contributed by atoms with Gasteiger partial charge in [0, 0.05) is 19.2 Å². The van der Waals surface area contributed by atoms with E-state index in [-0.39, 0.29) is 5.92 Å². The summed E-state index contributed by atoms with van der Waals surface area (Å²) in [6, 6.07) is 0. The molecule has 6 nitrogen and oxygen atoms in total. The number of rotatable bonds is 4. The molecule has 2 aliphatic rings. The predicted molar refractivity (Wildman–Crippen MR) is 72.5 cm³/mol. The molecule has 0 saturated heterocycles. The van der Waals surface area contributed by atoms with Crippen LogP contribution in [0.5, 0.6) is 0 Å². The molecule has 0 spiro atoms. The van der Waals surface area contributed by atoms with Gasteiger partial charge in [-0.05, 0) is 18.3 Å². The summed E-state index contributed by atoms with van der Waals surface area (Å²) in [6.07, 6.45) is -0.398. The molecule has 0 unspecified atom stereocenters. The highest BCUT2D eigenvalue weighted by Gasteiger charge is 2.50. The molecule has 0 aliphatic heterocycles. The molecule has 3 rings (SSSR count). The molecule has 0 bridgehead atoms. The van der Waals surface area contributed by atoms with E-state index >= 15 is 0 Å². The highest BCUT2D eigenvalue weighted by atomic mass is 32.2. The van der Waals surface area contributed by atoms with Gasteiger partial charge in [0.25, 0.3) is 10.0 Å². The molecular weight excluding hydrogens is 335 g/mol. The maximum absolute atomic E-state index is 12.9. The molecule has 2 saturated carbocycles. The summed E-state index contributed by atoms with van der Waals surface area (Å²) in [5.41, 5.74) is -1.52. The zero-order chi connectivity index (χ0) is 17.0. The second-order valence-electron chi connectivity index (χ2n) is 6.18. The van der Waals surface area contributed by atoms with E-state index in [2.05, 4.69) is 5.10 Å². The van der Waals surface area contributed by atoms with Crippen molar-refractivity contribution in [3.8, 4) is 0 Å². The SMILES string of the molecule is Cn1cc(S(=O)(=O)NC(=O)[C@@H]2C[C@H]2C2CCC2)c(C(F)(F)F)n1. The first-order valence-electron chi connectivity index (χ1n) is 7.27. The molecule has 1 N–H and O–H groups in total. The van der Waals surface area contributed by atoms with Crippen LogP contribution in [-0.2, 0) is 28.0 Å². The van der Waals surface area contributed by atoms with Crippen LogP contribution in [0.4, 0.5) is 13.2 Å². The van der Waals surface area contributed by atoms with Crippen LogP contribution in [0, 0.1) is 17.8 Å². The molecule has 128 valence electrons. The van der Waals surface area contributed by atoms with E-state index < -0.39 is 38.6 Å². The summed E-state index contributed by atoms with van der Waals surface area (Å²) in [7, 11) is -3.41. The fourth-order valence-electron chi connectivity index (χ4n) is 3.03. The Hall–Kier alpha value is -1.58. The molecule has 1 amide bonds. The number of alkyl halides is 3. The van der Waals surface area contributed by atoms with E-state index in [0.717, 1.165) is 30.1 Å². The van der Waals surface area contributed by atoms with Crippen molar-refractivity contribution >= 4 is 15.9 Å². The van der Waals surface area contributed by atoms with Gasteiger partial charge in [0.05, 0.1) is 0 Å². The van der Waals surface area contributed by atoms with E-state index in [1.54, 1.807) is 4.72 Å². The Morgan fingerprint density at radius 1 is 1.39 bits per heavy atom. The molecule has 2 fully saturated rings. The highest BCUT2D eigenvalue weighted by molar-refractivity contribution is 7.90. The summed E-state index contributed by atoms with van der Waals surface area (Å²) in [5, 5.41) is 3.14. The highest BCUT2D eigenvalue weighted by Crippen LogP contribution is 2.51. The summed E-state index contributed by atoms with van der Waals surface area (Å²) in [6.45, 7) is 0. The fourth-order valence-corrected chi connectivity index (χ4v) is 4.26. The number of nitrogens with one attached hydrogen (secondary N) is 1. The van der Waals surface area contributed by atoms with Crippen LogP contribution < -0.4 is 4.72 Å². The molecule has 2 atom stereocenters. The number of amides is 1. The minimum atomic E-state index is -4.91. The summed E-state index contributed by atoms with van der Waals surface area (Å²) >= 11 is 0. The number of hydrogen-bond acceptors (Lipinski definition) is 4. The topological polar surface area (TPSA) is 81.1 Å². The minimum absolute atomic E-state index is 0.162. The van der Waals surface area contributed by atoms with E-state index in [1.807, 2.05) is 0 Å². The van der Waals surface area contributed by atoms with Gasteiger partial charge in [-0.3, -0.25) is 9.48 Å². The molecule has 0 aromatic carbocycles. The van der Waals surface area contributed by atoms with Crippen LogP contribution in [0.3, 0.4) is 0 Å². The number of aromatic nitrogens is 2. The molecule has 23 heavy (non-hydrogen) atoms. The van der Waals surface area contributed by atoms with Gasteiger partial charge in [-0.15, -0.1) is 0 Å². The zero-order valence-electron chi connectivity index (χ0n) is 12.3.